The van der Waals surface area contributed by atoms with Gasteiger partial charge in [-0.15, -0.1) is 0 Å². The molecule has 0 saturated heterocycles. The Hall–Kier alpha value is -2.97. The van der Waals surface area contributed by atoms with Gasteiger partial charge in [0.1, 0.15) is 12.4 Å². The lowest BCUT2D eigenvalue weighted by Gasteiger charge is -2.36. The van der Waals surface area contributed by atoms with E-state index < -0.39 is 0 Å². The van der Waals surface area contributed by atoms with E-state index in [1.165, 1.54) is 29.8 Å². The van der Waals surface area contributed by atoms with Crippen molar-refractivity contribution < 1.29 is 30.9 Å². The number of rotatable bonds is 10. The number of aromatic nitrogens is 2. The van der Waals surface area contributed by atoms with Crippen molar-refractivity contribution in [2.45, 2.75) is 78.9 Å². The van der Waals surface area contributed by atoms with Crippen LogP contribution in [-0.4, -0.2) is 51.5 Å². The SMILES string of the molecule is CC[N+](CC)(CC)Cc1ccc2nc(NC(=O)c3ccc(F)cc3)n(C3CCC(C(=O)NC(C)C)CC3)c2c1.[Cl-]. The van der Waals surface area contributed by atoms with Crippen molar-refractivity contribution in [2.75, 3.05) is 25.0 Å². The zero-order chi connectivity index (χ0) is 28.2. The van der Waals surface area contributed by atoms with E-state index >= 15 is 0 Å². The smallest absolute Gasteiger partial charge is 0.257 e. The van der Waals surface area contributed by atoms with Crippen molar-refractivity contribution >= 4 is 28.8 Å². The number of hydrogen-bond donors (Lipinski definition) is 2. The Kier molecular flexibility index (Phi) is 10.7. The van der Waals surface area contributed by atoms with E-state index in [0.29, 0.717) is 11.5 Å². The number of hydrogen-bond acceptors (Lipinski definition) is 3. The second-order valence-electron chi connectivity index (χ2n) is 11.2. The fourth-order valence-electron chi connectivity index (χ4n) is 5.86. The second-order valence-corrected chi connectivity index (χ2v) is 11.2. The zero-order valence-corrected chi connectivity index (χ0v) is 25.1. The van der Waals surface area contributed by atoms with Crippen molar-refractivity contribution in [3.63, 3.8) is 0 Å². The molecule has 0 bridgehead atoms. The van der Waals surface area contributed by atoms with Gasteiger partial charge in [0.25, 0.3) is 5.91 Å². The van der Waals surface area contributed by atoms with Crippen LogP contribution >= 0.6 is 0 Å². The van der Waals surface area contributed by atoms with Gasteiger partial charge in [0.2, 0.25) is 11.9 Å². The van der Waals surface area contributed by atoms with Crippen LogP contribution in [0.3, 0.4) is 0 Å². The highest BCUT2D eigenvalue weighted by Gasteiger charge is 2.30. The number of benzene rings is 2. The quantitative estimate of drug-likeness (QED) is 0.367. The van der Waals surface area contributed by atoms with Gasteiger partial charge in [0, 0.05) is 29.1 Å². The largest absolute Gasteiger partial charge is 1.00 e. The normalized spacial score (nSPS) is 17.5. The fourth-order valence-corrected chi connectivity index (χ4v) is 5.86. The predicted molar refractivity (Wildman–Crippen MR) is 154 cm³/mol. The molecule has 2 amide bonds. The number of nitrogens with one attached hydrogen (secondary N) is 2. The summed E-state index contributed by atoms with van der Waals surface area (Å²) in [7, 11) is 0. The number of quaternary nitrogens is 1. The molecule has 3 aromatic rings. The van der Waals surface area contributed by atoms with Gasteiger partial charge in [-0.2, -0.15) is 0 Å². The van der Waals surface area contributed by atoms with Crippen molar-refractivity contribution in [3.8, 4) is 0 Å². The summed E-state index contributed by atoms with van der Waals surface area (Å²) >= 11 is 0. The lowest BCUT2D eigenvalue weighted by molar-refractivity contribution is -0.936. The van der Waals surface area contributed by atoms with Crippen molar-refractivity contribution in [1.29, 1.82) is 0 Å². The first-order chi connectivity index (χ1) is 18.7. The molecule has 7 nitrogen and oxygen atoms in total. The molecule has 40 heavy (non-hydrogen) atoms. The summed E-state index contributed by atoms with van der Waals surface area (Å²) in [5.41, 5.74) is 3.45. The predicted octanol–water partition coefficient (Wildman–Crippen LogP) is 3.06. The van der Waals surface area contributed by atoms with Crippen LogP contribution in [0.5, 0.6) is 0 Å². The summed E-state index contributed by atoms with van der Waals surface area (Å²) in [5, 5.41) is 6.06. The molecule has 2 aromatic carbocycles. The van der Waals surface area contributed by atoms with Gasteiger partial charge in [0.05, 0.1) is 30.7 Å². The average molecular weight is 572 g/mol. The maximum atomic E-state index is 13.4. The van der Waals surface area contributed by atoms with Crippen LogP contribution in [0.4, 0.5) is 10.3 Å². The van der Waals surface area contributed by atoms with E-state index in [-0.39, 0.29) is 48.0 Å². The number of carbonyl (C=O) groups is 2. The van der Waals surface area contributed by atoms with Crippen molar-refractivity contribution in [2.24, 2.45) is 5.92 Å². The minimum atomic E-state index is -0.384. The fraction of sp³-hybridized carbons (Fsp3) is 0.516. The van der Waals surface area contributed by atoms with Crippen LogP contribution < -0.4 is 23.0 Å². The third-order valence-electron chi connectivity index (χ3n) is 8.48. The molecule has 1 heterocycles. The molecule has 218 valence electrons. The van der Waals surface area contributed by atoms with E-state index in [4.69, 9.17) is 4.98 Å². The molecule has 0 spiro atoms. The van der Waals surface area contributed by atoms with E-state index in [2.05, 4.69) is 48.1 Å². The maximum absolute atomic E-state index is 13.4. The Morgan fingerprint density at radius 2 is 1.62 bits per heavy atom. The standard InChI is InChI=1S/C31H42FN5O2.ClH/c1-6-37(7-2,8-3)20-22-9-18-27-28(19-22)36(26-16-12-24(13-17-26)29(38)33-21(4)5)31(34-27)35-30(39)23-10-14-25(32)15-11-23;/h9-11,14-15,18-19,21,24,26H,6-8,12-13,16-17,20H2,1-5H3,(H-,33,34,35,38,39);1H. The van der Waals surface area contributed by atoms with Crippen LogP contribution in [0.1, 0.15) is 82.3 Å². The van der Waals surface area contributed by atoms with Crippen LogP contribution in [0, 0.1) is 11.7 Å². The molecule has 0 radical (unpaired) electrons. The Morgan fingerprint density at radius 1 is 1.00 bits per heavy atom. The third-order valence-corrected chi connectivity index (χ3v) is 8.48. The van der Waals surface area contributed by atoms with Gasteiger partial charge in [-0.05, 0) is 96.7 Å². The van der Waals surface area contributed by atoms with Gasteiger partial charge in [-0.1, -0.05) is 6.07 Å². The van der Waals surface area contributed by atoms with Crippen molar-refractivity contribution in [1.82, 2.24) is 14.9 Å². The molecule has 4 rings (SSSR count). The van der Waals surface area contributed by atoms with Crippen LogP contribution in [0.15, 0.2) is 42.5 Å². The first kappa shape index (κ1) is 31.6. The Bertz CT molecular complexity index is 1290. The molecular weight excluding hydrogens is 529 g/mol. The number of halogens is 2. The van der Waals surface area contributed by atoms with Crippen LogP contribution in [0.25, 0.3) is 11.0 Å². The molecule has 1 fully saturated rings. The molecule has 1 saturated carbocycles. The Balaban J connectivity index is 0.00000441. The van der Waals surface area contributed by atoms with Gasteiger partial charge in [-0.25, -0.2) is 9.37 Å². The van der Waals surface area contributed by atoms with Gasteiger partial charge < -0.3 is 26.8 Å². The molecule has 9 heteroatoms. The average Bonchev–Trinajstić information content (AvgIpc) is 3.28. The monoisotopic (exact) mass is 571 g/mol. The first-order valence-corrected chi connectivity index (χ1v) is 14.4. The molecule has 2 N–H and O–H groups in total. The summed E-state index contributed by atoms with van der Waals surface area (Å²) in [6.45, 7) is 14.8. The Morgan fingerprint density at radius 3 is 2.20 bits per heavy atom. The number of carbonyl (C=O) groups excluding carboxylic acids is 2. The van der Waals surface area contributed by atoms with Crippen molar-refractivity contribution in [3.05, 3.63) is 59.4 Å². The lowest BCUT2D eigenvalue weighted by atomic mass is 9.85. The van der Waals surface area contributed by atoms with E-state index in [9.17, 15) is 14.0 Å². The lowest BCUT2D eigenvalue weighted by Crippen LogP contribution is -3.00. The highest BCUT2D eigenvalue weighted by Crippen LogP contribution is 2.37. The van der Waals surface area contributed by atoms with E-state index in [0.717, 1.165) is 67.4 Å². The summed E-state index contributed by atoms with van der Waals surface area (Å²) < 4.78 is 16.6. The van der Waals surface area contributed by atoms with Crippen LogP contribution in [0.2, 0.25) is 0 Å². The third kappa shape index (κ3) is 7.02. The summed E-state index contributed by atoms with van der Waals surface area (Å²) in [6, 6.07) is 12.2. The number of imidazole rings is 1. The van der Waals surface area contributed by atoms with Gasteiger partial charge >= 0.3 is 0 Å². The first-order valence-electron chi connectivity index (χ1n) is 14.4. The number of fused-ring (bicyclic) bond motifs is 1. The Labute approximate surface area is 243 Å². The minimum Gasteiger partial charge on any atom is -1.00 e. The minimum absolute atomic E-state index is 0. The molecule has 0 unspecified atom stereocenters. The summed E-state index contributed by atoms with van der Waals surface area (Å²) in [6.07, 6.45) is 3.22. The summed E-state index contributed by atoms with van der Waals surface area (Å²) in [5.74, 6) is -0.0869. The van der Waals surface area contributed by atoms with Gasteiger partial charge in [0.15, 0.2) is 0 Å². The zero-order valence-electron chi connectivity index (χ0n) is 24.3. The summed E-state index contributed by atoms with van der Waals surface area (Å²) in [4.78, 5) is 30.6. The molecule has 1 aromatic heterocycles. The highest BCUT2D eigenvalue weighted by molar-refractivity contribution is 6.04. The molecular formula is C31H43ClFN5O2. The molecule has 1 aliphatic rings. The molecule has 0 atom stereocenters. The van der Waals surface area contributed by atoms with Crippen LogP contribution in [-0.2, 0) is 11.3 Å². The molecule has 0 aliphatic heterocycles. The second kappa shape index (κ2) is 13.6. The highest BCUT2D eigenvalue weighted by atomic mass is 35.5. The number of nitrogens with zero attached hydrogens (tertiary/aromatic N) is 3. The topological polar surface area (TPSA) is 76.0 Å². The maximum Gasteiger partial charge on any atom is 0.257 e. The molecule has 1 aliphatic carbocycles. The number of amides is 2. The number of anilines is 1. The van der Waals surface area contributed by atoms with Gasteiger partial charge in [-0.3, -0.25) is 14.9 Å². The van der Waals surface area contributed by atoms with E-state index in [1.54, 1.807) is 0 Å². The van der Waals surface area contributed by atoms with E-state index in [1.807, 2.05) is 19.9 Å².